The number of fused-ring (bicyclic) bond motifs is 2. The van der Waals surface area contributed by atoms with Crippen LogP contribution in [-0.4, -0.2) is 54.2 Å². The van der Waals surface area contributed by atoms with Crippen molar-refractivity contribution in [2.75, 3.05) is 18.1 Å². The van der Waals surface area contributed by atoms with Crippen LogP contribution in [0.1, 0.15) is 66.2 Å². The van der Waals surface area contributed by atoms with Crippen LogP contribution in [0.25, 0.3) is 0 Å². The average Bonchev–Trinajstić information content (AvgIpc) is 3.16. The molecule has 3 aliphatic rings. The van der Waals surface area contributed by atoms with E-state index in [1.165, 1.54) is 0 Å². The molecule has 1 atom stereocenters. The SMILES string of the molecule is CC(C)(C)OC(=O)NC1(C(=O)N[C@H]2Cc3cc4c(cc3CNC2=O)C(=O)N(c2ccc(C#N)cc2)C4)CCOCC1. The Morgan fingerprint density at radius 3 is 2.46 bits per heavy atom. The average molecular weight is 560 g/mol. The Hall–Kier alpha value is -4.43. The number of nitriles is 1. The third kappa shape index (κ3) is 5.88. The highest BCUT2D eigenvalue weighted by atomic mass is 16.6. The van der Waals surface area contributed by atoms with E-state index in [1.54, 1.807) is 49.9 Å². The van der Waals surface area contributed by atoms with Gasteiger partial charge in [-0.1, -0.05) is 6.07 Å². The van der Waals surface area contributed by atoms with Crippen molar-refractivity contribution in [1.29, 1.82) is 5.26 Å². The van der Waals surface area contributed by atoms with Crippen molar-refractivity contribution in [2.24, 2.45) is 0 Å². The molecule has 3 heterocycles. The van der Waals surface area contributed by atoms with Crippen molar-refractivity contribution >= 4 is 29.5 Å². The highest BCUT2D eigenvalue weighted by Gasteiger charge is 2.44. The monoisotopic (exact) mass is 559 g/mol. The van der Waals surface area contributed by atoms with Crippen LogP contribution < -0.4 is 20.9 Å². The predicted molar refractivity (Wildman–Crippen MR) is 148 cm³/mol. The number of nitrogens with one attached hydrogen (secondary N) is 3. The number of alkyl carbamates (subject to hydrolysis) is 1. The van der Waals surface area contributed by atoms with Gasteiger partial charge in [-0.2, -0.15) is 5.26 Å². The van der Waals surface area contributed by atoms with Gasteiger partial charge in [0.15, 0.2) is 0 Å². The van der Waals surface area contributed by atoms with E-state index in [0.717, 1.165) is 16.7 Å². The molecule has 0 unspecified atom stereocenters. The third-order valence-corrected chi connectivity index (χ3v) is 7.56. The van der Waals surface area contributed by atoms with Crippen LogP contribution in [0.2, 0.25) is 0 Å². The van der Waals surface area contributed by atoms with Gasteiger partial charge >= 0.3 is 6.09 Å². The molecule has 2 aromatic carbocycles. The Labute approximate surface area is 238 Å². The summed E-state index contributed by atoms with van der Waals surface area (Å²) in [4.78, 5) is 54.2. The molecule has 3 aliphatic heterocycles. The Bertz CT molecular complexity index is 1430. The van der Waals surface area contributed by atoms with E-state index < -0.39 is 29.2 Å². The van der Waals surface area contributed by atoms with Gasteiger partial charge in [0.2, 0.25) is 11.8 Å². The van der Waals surface area contributed by atoms with E-state index in [0.29, 0.717) is 23.4 Å². The number of benzene rings is 2. The van der Waals surface area contributed by atoms with Crippen LogP contribution in [0, 0.1) is 11.3 Å². The maximum absolute atomic E-state index is 13.6. The summed E-state index contributed by atoms with van der Waals surface area (Å²) in [6, 6.07) is 11.8. The molecular formula is C30H33N5O6. The van der Waals surface area contributed by atoms with Gasteiger partial charge in [-0.3, -0.25) is 14.4 Å². The lowest BCUT2D eigenvalue weighted by Crippen LogP contribution is -2.64. The summed E-state index contributed by atoms with van der Waals surface area (Å²) in [5.74, 6) is -0.971. The molecule has 214 valence electrons. The van der Waals surface area contributed by atoms with Gasteiger partial charge in [0.1, 0.15) is 17.2 Å². The summed E-state index contributed by atoms with van der Waals surface area (Å²) >= 11 is 0. The Morgan fingerprint density at radius 2 is 1.80 bits per heavy atom. The number of rotatable bonds is 4. The second kappa shape index (κ2) is 10.9. The molecule has 11 heteroatoms. The molecule has 41 heavy (non-hydrogen) atoms. The number of carbonyl (C=O) groups is 4. The highest BCUT2D eigenvalue weighted by molar-refractivity contribution is 6.10. The van der Waals surface area contributed by atoms with Gasteiger partial charge in [0.05, 0.1) is 18.2 Å². The van der Waals surface area contributed by atoms with Crippen molar-refractivity contribution in [3.8, 4) is 6.07 Å². The molecule has 1 fully saturated rings. The molecule has 0 spiro atoms. The van der Waals surface area contributed by atoms with E-state index in [1.807, 2.05) is 12.1 Å². The molecule has 0 saturated carbocycles. The van der Waals surface area contributed by atoms with Gasteiger partial charge in [0, 0.05) is 50.3 Å². The van der Waals surface area contributed by atoms with E-state index in [4.69, 9.17) is 14.7 Å². The number of hydrogen-bond donors (Lipinski definition) is 3. The lowest BCUT2D eigenvalue weighted by atomic mass is 9.88. The van der Waals surface area contributed by atoms with Crippen molar-refractivity contribution in [3.63, 3.8) is 0 Å². The third-order valence-electron chi connectivity index (χ3n) is 7.56. The van der Waals surface area contributed by atoms with Crippen LogP contribution in [0.5, 0.6) is 0 Å². The minimum atomic E-state index is -1.28. The van der Waals surface area contributed by atoms with Crippen LogP contribution in [-0.2, 0) is 38.6 Å². The molecular weight excluding hydrogens is 526 g/mol. The zero-order valence-corrected chi connectivity index (χ0v) is 23.3. The molecule has 11 nitrogen and oxygen atoms in total. The minimum absolute atomic E-state index is 0.150. The maximum Gasteiger partial charge on any atom is 0.408 e. The van der Waals surface area contributed by atoms with E-state index >= 15 is 0 Å². The number of anilines is 1. The second-order valence-corrected chi connectivity index (χ2v) is 11.6. The van der Waals surface area contributed by atoms with Gasteiger partial charge in [-0.05, 0) is 67.8 Å². The quantitative estimate of drug-likeness (QED) is 0.521. The lowest BCUT2D eigenvalue weighted by Gasteiger charge is -2.37. The minimum Gasteiger partial charge on any atom is -0.444 e. The smallest absolute Gasteiger partial charge is 0.408 e. The normalized spacial score (nSPS) is 19.7. The number of ether oxygens (including phenoxy) is 2. The fraction of sp³-hybridized carbons (Fsp3) is 0.433. The van der Waals surface area contributed by atoms with Crippen molar-refractivity contribution in [3.05, 3.63) is 64.2 Å². The predicted octanol–water partition coefficient (Wildman–Crippen LogP) is 2.45. The largest absolute Gasteiger partial charge is 0.444 e. The highest BCUT2D eigenvalue weighted by Crippen LogP contribution is 2.32. The molecule has 3 N–H and O–H groups in total. The molecule has 1 saturated heterocycles. The summed E-state index contributed by atoms with van der Waals surface area (Å²) in [7, 11) is 0. The summed E-state index contributed by atoms with van der Waals surface area (Å²) in [5, 5.41) is 17.6. The zero-order valence-electron chi connectivity index (χ0n) is 23.3. The first-order valence-electron chi connectivity index (χ1n) is 13.6. The molecule has 0 aromatic heterocycles. The van der Waals surface area contributed by atoms with Crippen molar-refractivity contribution in [1.82, 2.24) is 16.0 Å². The second-order valence-electron chi connectivity index (χ2n) is 11.6. The molecule has 4 amide bonds. The van der Waals surface area contributed by atoms with Crippen LogP contribution in [0.15, 0.2) is 36.4 Å². The van der Waals surface area contributed by atoms with Gasteiger partial charge in [0.25, 0.3) is 5.91 Å². The fourth-order valence-electron chi connectivity index (χ4n) is 5.40. The van der Waals surface area contributed by atoms with Crippen LogP contribution in [0.3, 0.4) is 0 Å². The van der Waals surface area contributed by atoms with Gasteiger partial charge in [-0.15, -0.1) is 0 Å². The number of nitrogens with zero attached hydrogens (tertiary/aromatic N) is 2. The summed E-state index contributed by atoms with van der Waals surface area (Å²) in [5.41, 5.74) is 2.23. The first kappa shape index (κ1) is 28.1. The summed E-state index contributed by atoms with van der Waals surface area (Å²) in [6.45, 7) is 6.35. The van der Waals surface area contributed by atoms with Gasteiger partial charge < -0.3 is 30.3 Å². The number of amides is 4. The number of hydrogen-bond acceptors (Lipinski definition) is 7. The van der Waals surface area contributed by atoms with E-state index in [2.05, 4.69) is 22.0 Å². The Kier molecular flexibility index (Phi) is 7.44. The lowest BCUT2D eigenvalue weighted by molar-refractivity contribution is -0.135. The standard InChI is InChI=1S/C30H33N5O6/c1-29(2,3)41-28(39)34-30(8-10-40-11-9-30)27(38)33-24-14-19-12-21-17-35(22-6-4-18(15-31)5-7-22)26(37)23(21)13-20(19)16-32-25(24)36/h4-7,12-13,24H,8-11,14,16-17H2,1-3H3,(H,32,36)(H,33,38)(H,34,39)/t24-/m0/s1. The van der Waals surface area contributed by atoms with Crippen molar-refractivity contribution in [2.45, 2.75) is 70.3 Å². The van der Waals surface area contributed by atoms with Gasteiger partial charge in [-0.25, -0.2) is 4.79 Å². The number of carbonyl (C=O) groups excluding carboxylic acids is 4. The van der Waals surface area contributed by atoms with E-state index in [-0.39, 0.29) is 50.8 Å². The first-order valence-corrected chi connectivity index (χ1v) is 13.6. The summed E-state index contributed by atoms with van der Waals surface area (Å²) < 4.78 is 10.8. The maximum atomic E-state index is 13.6. The molecule has 0 radical (unpaired) electrons. The van der Waals surface area contributed by atoms with Crippen LogP contribution >= 0.6 is 0 Å². The topological polar surface area (TPSA) is 150 Å². The molecule has 0 bridgehead atoms. The Morgan fingerprint density at radius 1 is 1.10 bits per heavy atom. The first-order chi connectivity index (χ1) is 19.5. The zero-order chi connectivity index (χ0) is 29.4. The summed E-state index contributed by atoms with van der Waals surface area (Å²) in [6.07, 6.45) is -0.00465. The fourth-order valence-corrected chi connectivity index (χ4v) is 5.40. The Balaban J connectivity index is 1.35. The van der Waals surface area contributed by atoms with Crippen LogP contribution in [0.4, 0.5) is 10.5 Å². The van der Waals surface area contributed by atoms with Crippen molar-refractivity contribution < 1.29 is 28.7 Å². The van der Waals surface area contributed by atoms with E-state index in [9.17, 15) is 19.2 Å². The molecule has 0 aliphatic carbocycles. The molecule has 5 rings (SSSR count). The molecule has 2 aromatic rings.